The van der Waals surface area contributed by atoms with Crippen LogP contribution >= 0.6 is 0 Å². The Labute approximate surface area is 176 Å². The second-order valence-electron chi connectivity index (χ2n) is 7.35. The molecule has 0 unspecified atom stereocenters. The number of amides is 2. The third kappa shape index (κ3) is 3.98. The SMILES string of the molecule is Cc1ccc(C)c(NC(=O)NCc2c(C)nn(-c3ccccc3)c2-n2cccc2)c1. The van der Waals surface area contributed by atoms with E-state index in [1.54, 1.807) is 0 Å². The molecule has 6 heteroatoms. The highest BCUT2D eigenvalue weighted by molar-refractivity contribution is 5.90. The summed E-state index contributed by atoms with van der Waals surface area (Å²) in [5.41, 5.74) is 5.74. The summed E-state index contributed by atoms with van der Waals surface area (Å²) >= 11 is 0. The number of hydrogen-bond acceptors (Lipinski definition) is 2. The Bertz CT molecular complexity index is 1160. The number of carbonyl (C=O) groups is 1. The van der Waals surface area contributed by atoms with Crippen LogP contribution in [0.1, 0.15) is 22.4 Å². The number of hydrogen-bond donors (Lipinski definition) is 2. The van der Waals surface area contributed by atoms with Crippen LogP contribution in [0.2, 0.25) is 0 Å². The first-order chi connectivity index (χ1) is 14.5. The number of anilines is 1. The van der Waals surface area contributed by atoms with E-state index in [9.17, 15) is 4.79 Å². The van der Waals surface area contributed by atoms with Gasteiger partial charge in [0.15, 0.2) is 0 Å². The lowest BCUT2D eigenvalue weighted by Gasteiger charge is -2.13. The largest absolute Gasteiger partial charge is 0.334 e. The molecule has 2 N–H and O–H groups in total. The second kappa shape index (κ2) is 8.29. The monoisotopic (exact) mass is 399 g/mol. The molecule has 0 fully saturated rings. The molecule has 6 nitrogen and oxygen atoms in total. The normalized spacial score (nSPS) is 10.8. The standard InChI is InChI=1S/C24H25N5O/c1-17-11-12-18(2)22(15-17)26-24(30)25-16-21-19(3)27-29(20-9-5-4-6-10-20)23(21)28-13-7-8-14-28/h4-15H,16H2,1-3H3,(H2,25,26,30). The van der Waals surface area contributed by atoms with Crippen LogP contribution in [0.15, 0.2) is 73.1 Å². The quantitative estimate of drug-likeness (QED) is 0.501. The Kier molecular flexibility index (Phi) is 5.39. The summed E-state index contributed by atoms with van der Waals surface area (Å²) in [5, 5.41) is 10.7. The summed E-state index contributed by atoms with van der Waals surface area (Å²) in [7, 11) is 0. The molecule has 0 atom stereocenters. The molecule has 0 saturated carbocycles. The van der Waals surface area contributed by atoms with Crippen molar-refractivity contribution >= 4 is 11.7 Å². The number of nitrogens with zero attached hydrogens (tertiary/aromatic N) is 3. The number of rotatable bonds is 5. The zero-order valence-electron chi connectivity index (χ0n) is 17.4. The Morgan fingerprint density at radius 1 is 0.967 bits per heavy atom. The minimum atomic E-state index is -0.242. The van der Waals surface area contributed by atoms with E-state index in [1.807, 2.05) is 103 Å². The number of benzene rings is 2. The maximum atomic E-state index is 12.6. The summed E-state index contributed by atoms with van der Waals surface area (Å²) < 4.78 is 3.93. The van der Waals surface area contributed by atoms with E-state index in [1.165, 1.54) is 0 Å². The van der Waals surface area contributed by atoms with Gasteiger partial charge in [0.25, 0.3) is 0 Å². The smallest absolute Gasteiger partial charge is 0.319 e. The van der Waals surface area contributed by atoms with E-state index < -0.39 is 0 Å². The van der Waals surface area contributed by atoms with E-state index in [0.29, 0.717) is 6.54 Å². The van der Waals surface area contributed by atoms with E-state index >= 15 is 0 Å². The van der Waals surface area contributed by atoms with E-state index in [4.69, 9.17) is 5.10 Å². The van der Waals surface area contributed by atoms with Crippen molar-refractivity contribution in [3.05, 3.63) is 95.4 Å². The van der Waals surface area contributed by atoms with Crippen LogP contribution in [-0.4, -0.2) is 20.4 Å². The van der Waals surface area contributed by atoms with Gasteiger partial charge in [0, 0.05) is 23.6 Å². The number of aryl methyl sites for hydroxylation is 3. The van der Waals surface area contributed by atoms with Crippen molar-refractivity contribution in [3.8, 4) is 11.5 Å². The highest BCUT2D eigenvalue weighted by atomic mass is 16.2. The molecular weight excluding hydrogens is 374 g/mol. The molecule has 0 aliphatic carbocycles. The molecule has 4 rings (SSSR count). The first-order valence-electron chi connectivity index (χ1n) is 9.92. The summed E-state index contributed by atoms with van der Waals surface area (Å²) in [5.74, 6) is 0.913. The Morgan fingerprint density at radius 3 is 2.43 bits per heavy atom. The first-order valence-corrected chi connectivity index (χ1v) is 9.92. The van der Waals surface area contributed by atoms with Crippen molar-refractivity contribution < 1.29 is 4.79 Å². The van der Waals surface area contributed by atoms with Crippen molar-refractivity contribution in [2.75, 3.05) is 5.32 Å². The molecule has 0 spiro atoms. The number of carbonyl (C=O) groups excluding carboxylic acids is 1. The van der Waals surface area contributed by atoms with Crippen molar-refractivity contribution in [2.24, 2.45) is 0 Å². The molecule has 0 aliphatic rings. The molecule has 2 aromatic heterocycles. The van der Waals surface area contributed by atoms with Gasteiger partial charge in [0.05, 0.1) is 17.9 Å². The van der Waals surface area contributed by atoms with Gasteiger partial charge in [-0.05, 0) is 62.2 Å². The van der Waals surface area contributed by atoms with Crippen molar-refractivity contribution in [3.63, 3.8) is 0 Å². The minimum Gasteiger partial charge on any atom is -0.334 e. The molecule has 4 aromatic rings. The van der Waals surface area contributed by atoms with Crippen LogP contribution in [0, 0.1) is 20.8 Å². The van der Waals surface area contributed by atoms with Gasteiger partial charge in [-0.15, -0.1) is 0 Å². The van der Waals surface area contributed by atoms with E-state index in [-0.39, 0.29) is 6.03 Å². The van der Waals surface area contributed by atoms with Gasteiger partial charge in [-0.2, -0.15) is 5.10 Å². The Hall–Kier alpha value is -3.80. The molecule has 0 radical (unpaired) electrons. The fourth-order valence-electron chi connectivity index (χ4n) is 3.45. The second-order valence-corrected chi connectivity index (χ2v) is 7.35. The maximum Gasteiger partial charge on any atom is 0.319 e. The molecule has 0 aliphatic heterocycles. The van der Waals surface area contributed by atoms with Crippen LogP contribution in [0.4, 0.5) is 10.5 Å². The van der Waals surface area contributed by atoms with Crippen molar-refractivity contribution in [2.45, 2.75) is 27.3 Å². The number of aromatic nitrogens is 3. The fourth-order valence-corrected chi connectivity index (χ4v) is 3.45. The van der Waals surface area contributed by atoms with Gasteiger partial charge in [0.1, 0.15) is 5.82 Å². The maximum absolute atomic E-state index is 12.6. The van der Waals surface area contributed by atoms with E-state index in [0.717, 1.165) is 39.6 Å². The zero-order chi connectivity index (χ0) is 21.1. The molecule has 2 aromatic carbocycles. The van der Waals surface area contributed by atoms with Gasteiger partial charge < -0.3 is 15.2 Å². The molecule has 0 saturated heterocycles. The van der Waals surface area contributed by atoms with Crippen LogP contribution in [0.5, 0.6) is 0 Å². The molecule has 2 heterocycles. The topological polar surface area (TPSA) is 63.9 Å². The lowest BCUT2D eigenvalue weighted by molar-refractivity contribution is 0.251. The third-order valence-corrected chi connectivity index (χ3v) is 5.07. The molecule has 30 heavy (non-hydrogen) atoms. The average Bonchev–Trinajstić information content (AvgIpc) is 3.37. The first kappa shape index (κ1) is 19.5. The van der Waals surface area contributed by atoms with Crippen LogP contribution in [0.25, 0.3) is 11.5 Å². The number of para-hydroxylation sites is 1. The zero-order valence-corrected chi connectivity index (χ0v) is 17.4. The van der Waals surface area contributed by atoms with Gasteiger partial charge in [-0.25, -0.2) is 9.48 Å². The fraction of sp³-hybridized carbons (Fsp3) is 0.167. The predicted octanol–water partition coefficient (Wildman–Crippen LogP) is 4.91. The molecule has 2 amide bonds. The third-order valence-electron chi connectivity index (χ3n) is 5.07. The summed E-state index contributed by atoms with van der Waals surface area (Å²) in [6.45, 7) is 6.31. The van der Waals surface area contributed by atoms with Crippen LogP contribution in [-0.2, 0) is 6.54 Å². The summed E-state index contributed by atoms with van der Waals surface area (Å²) in [6, 6.07) is 19.7. The number of nitrogens with one attached hydrogen (secondary N) is 2. The van der Waals surface area contributed by atoms with Gasteiger partial charge >= 0.3 is 6.03 Å². The molecule has 0 bridgehead atoms. The van der Waals surface area contributed by atoms with Gasteiger partial charge in [-0.1, -0.05) is 30.3 Å². The highest BCUT2D eigenvalue weighted by Crippen LogP contribution is 2.23. The lowest BCUT2D eigenvalue weighted by Crippen LogP contribution is -2.29. The Morgan fingerprint density at radius 2 is 1.70 bits per heavy atom. The van der Waals surface area contributed by atoms with Crippen molar-refractivity contribution in [1.82, 2.24) is 19.7 Å². The highest BCUT2D eigenvalue weighted by Gasteiger charge is 2.18. The molecular formula is C24H25N5O. The minimum absolute atomic E-state index is 0.242. The van der Waals surface area contributed by atoms with Crippen LogP contribution < -0.4 is 10.6 Å². The molecule has 152 valence electrons. The summed E-state index contributed by atoms with van der Waals surface area (Å²) in [6.07, 6.45) is 3.96. The predicted molar refractivity (Wildman–Crippen MR) is 119 cm³/mol. The van der Waals surface area contributed by atoms with Gasteiger partial charge in [0.2, 0.25) is 0 Å². The van der Waals surface area contributed by atoms with Gasteiger partial charge in [-0.3, -0.25) is 0 Å². The number of urea groups is 1. The average molecular weight is 399 g/mol. The summed E-state index contributed by atoms with van der Waals surface area (Å²) in [4.78, 5) is 12.6. The van der Waals surface area contributed by atoms with Crippen LogP contribution in [0.3, 0.4) is 0 Å². The lowest BCUT2D eigenvalue weighted by atomic mass is 10.1. The van der Waals surface area contributed by atoms with Crippen molar-refractivity contribution in [1.29, 1.82) is 0 Å². The Balaban J connectivity index is 1.60. The van der Waals surface area contributed by atoms with E-state index in [2.05, 4.69) is 10.6 Å².